The number of hydrogen-bond acceptors (Lipinski definition) is 4. The molecule has 0 amide bonds. The summed E-state index contributed by atoms with van der Waals surface area (Å²) in [4.78, 5) is 9.06. The molecule has 2 aliphatic rings. The molecule has 8 heteroatoms. The summed E-state index contributed by atoms with van der Waals surface area (Å²) in [6.07, 6.45) is 3.01. The molecule has 0 bridgehead atoms. The predicted octanol–water partition coefficient (Wildman–Crippen LogP) is 7.79. The highest BCUT2D eigenvalue weighted by Gasteiger charge is 2.43. The molecule has 2 aromatic heterocycles. The molecule has 0 spiro atoms. The van der Waals surface area contributed by atoms with E-state index in [4.69, 9.17) is 28.2 Å². The molecule has 0 unspecified atom stereocenters. The Morgan fingerprint density at radius 1 is 1.00 bits per heavy atom. The van der Waals surface area contributed by atoms with Gasteiger partial charge in [0.2, 0.25) is 0 Å². The number of nitrogens with one attached hydrogen (secondary N) is 1. The van der Waals surface area contributed by atoms with Crippen LogP contribution in [-0.4, -0.2) is 23.2 Å². The van der Waals surface area contributed by atoms with Gasteiger partial charge in [-0.1, -0.05) is 31.5 Å². The number of aromatic nitrogens is 1. The maximum atomic E-state index is 13.5. The maximum Gasteiger partial charge on any atom is 0.174 e. The zero-order valence-electron chi connectivity index (χ0n) is 21.9. The normalized spacial score (nSPS) is 23.2. The lowest BCUT2D eigenvalue weighted by molar-refractivity contribution is 0.357. The van der Waals surface area contributed by atoms with Crippen LogP contribution in [0, 0.1) is 17.7 Å². The smallest absolute Gasteiger partial charge is 0.174 e. The summed E-state index contributed by atoms with van der Waals surface area (Å²) in [6.45, 7) is 6.59. The van der Waals surface area contributed by atoms with Crippen molar-refractivity contribution in [2.24, 2.45) is 11.8 Å². The van der Waals surface area contributed by atoms with Gasteiger partial charge in [-0.3, -0.25) is 4.98 Å². The quantitative estimate of drug-likeness (QED) is 0.251. The lowest BCUT2D eigenvalue weighted by atomic mass is 9.91. The first-order valence-corrected chi connectivity index (χ1v) is 14.1. The third kappa shape index (κ3) is 5.13. The largest absolute Gasteiger partial charge is 0.459 e. The van der Waals surface area contributed by atoms with Crippen molar-refractivity contribution in [3.05, 3.63) is 101 Å². The minimum Gasteiger partial charge on any atom is -0.459 e. The second-order valence-electron chi connectivity index (χ2n) is 10.7. The van der Waals surface area contributed by atoms with Crippen LogP contribution >= 0.6 is 23.8 Å². The van der Waals surface area contributed by atoms with E-state index in [9.17, 15) is 4.39 Å². The van der Waals surface area contributed by atoms with Gasteiger partial charge in [-0.05, 0) is 97.2 Å². The first-order chi connectivity index (χ1) is 18.9. The lowest BCUT2D eigenvalue weighted by Gasteiger charge is -2.37. The molecule has 0 saturated carbocycles. The van der Waals surface area contributed by atoms with Crippen molar-refractivity contribution in [3.63, 3.8) is 0 Å². The van der Waals surface area contributed by atoms with Crippen LogP contribution in [0.5, 0.6) is 0 Å². The summed E-state index contributed by atoms with van der Waals surface area (Å²) < 4.78 is 19.9. The molecule has 39 heavy (non-hydrogen) atoms. The highest BCUT2D eigenvalue weighted by Crippen LogP contribution is 2.44. The Bertz CT molecular complexity index is 1470. The first-order valence-electron chi connectivity index (χ1n) is 13.3. The molecule has 200 valence electrons. The molecular weight excluding hydrogens is 531 g/mol. The fourth-order valence-electron chi connectivity index (χ4n) is 5.96. The Kier molecular flexibility index (Phi) is 7.04. The zero-order chi connectivity index (χ0) is 27.1. The standard InChI is InChI=1S/C31H30ClFN4OS/c1-19-15-20(2)18-36(17-19)26-11-10-23(16-24(26)32)37-30(29(35-31(37)39)25-5-3-4-14-34-25)28-13-12-27(38-28)21-6-8-22(33)9-7-21/h3-14,16,19-20,29-30H,15,17-18H2,1-2H3,(H,35,39)/t19-,20-,29+,30+/m1/s1. The molecule has 2 fully saturated rings. The van der Waals surface area contributed by atoms with E-state index < -0.39 is 0 Å². The zero-order valence-corrected chi connectivity index (χ0v) is 23.4. The number of piperidine rings is 1. The van der Waals surface area contributed by atoms with Gasteiger partial charge >= 0.3 is 0 Å². The summed E-state index contributed by atoms with van der Waals surface area (Å²) in [7, 11) is 0. The van der Waals surface area contributed by atoms with E-state index in [-0.39, 0.29) is 17.9 Å². The Morgan fingerprint density at radius 2 is 1.77 bits per heavy atom. The van der Waals surface area contributed by atoms with E-state index in [0.29, 0.717) is 27.7 Å². The number of rotatable bonds is 5. The number of anilines is 2. The van der Waals surface area contributed by atoms with Crippen LogP contribution < -0.4 is 15.1 Å². The van der Waals surface area contributed by atoms with Crippen molar-refractivity contribution in [3.8, 4) is 11.3 Å². The summed E-state index contributed by atoms with van der Waals surface area (Å²) in [5, 5.41) is 4.73. The molecular formula is C31H30ClFN4OS. The van der Waals surface area contributed by atoms with Gasteiger partial charge in [0.1, 0.15) is 23.4 Å². The molecule has 4 heterocycles. The fourth-order valence-corrected chi connectivity index (χ4v) is 6.60. The number of halogens is 2. The monoisotopic (exact) mass is 560 g/mol. The van der Waals surface area contributed by atoms with Crippen molar-refractivity contribution >= 4 is 40.3 Å². The minimum absolute atomic E-state index is 0.242. The third-order valence-corrected chi connectivity index (χ3v) is 8.18. The minimum atomic E-state index is -0.307. The molecule has 0 aliphatic carbocycles. The number of nitrogens with zero attached hydrogens (tertiary/aromatic N) is 3. The van der Waals surface area contributed by atoms with Crippen LogP contribution in [0.15, 0.2) is 83.4 Å². The van der Waals surface area contributed by atoms with Crippen molar-refractivity contribution in [2.45, 2.75) is 32.4 Å². The Hall–Kier alpha value is -3.42. The molecule has 2 aliphatic heterocycles. The molecule has 5 nitrogen and oxygen atoms in total. The van der Waals surface area contributed by atoms with Gasteiger partial charge in [0.15, 0.2) is 5.11 Å². The summed E-state index contributed by atoms with van der Waals surface area (Å²) in [5.41, 5.74) is 3.58. The predicted molar refractivity (Wildman–Crippen MR) is 159 cm³/mol. The lowest BCUT2D eigenvalue weighted by Crippen LogP contribution is -2.38. The van der Waals surface area contributed by atoms with Crippen LogP contribution in [0.1, 0.15) is 43.8 Å². The molecule has 0 radical (unpaired) electrons. The number of benzene rings is 2. The molecule has 2 saturated heterocycles. The van der Waals surface area contributed by atoms with Gasteiger partial charge in [-0.2, -0.15) is 0 Å². The Labute approximate surface area is 238 Å². The van der Waals surface area contributed by atoms with Crippen LogP contribution in [0.2, 0.25) is 5.02 Å². The average molecular weight is 561 g/mol. The SMILES string of the molecule is C[C@@H]1C[C@@H](C)CN(c2ccc(N3C(=S)N[C@@H](c4ccccn4)[C@@H]3c3ccc(-c4ccc(F)cc4)o3)cc2Cl)C1. The van der Waals surface area contributed by atoms with Crippen LogP contribution in [-0.2, 0) is 0 Å². The van der Waals surface area contributed by atoms with Crippen LogP contribution in [0.25, 0.3) is 11.3 Å². The molecule has 6 rings (SSSR count). The number of hydrogen-bond donors (Lipinski definition) is 1. The Balaban J connectivity index is 1.38. The molecule has 1 N–H and O–H groups in total. The van der Waals surface area contributed by atoms with Crippen LogP contribution in [0.3, 0.4) is 0 Å². The number of pyridine rings is 1. The van der Waals surface area contributed by atoms with Crippen molar-refractivity contribution in [2.75, 3.05) is 22.9 Å². The third-order valence-electron chi connectivity index (χ3n) is 7.56. The van der Waals surface area contributed by atoms with Gasteiger partial charge in [0.05, 0.1) is 22.4 Å². The van der Waals surface area contributed by atoms with E-state index in [1.807, 2.05) is 36.4 Å². The molecule has 4 atom stereocenters. The van der Waals surface area contributed by atoms with Gasteiger partial charge in [0.25, 0.3) is 0 Å². The number of thiocarbonyl (C=S) groups is 1. The second-order valence-corrected chi connectivity index (χ2v) is 11.5. The van der Waals surface area contributed by atoms with Crippen LogP contribution in [0.4, 0.5) is 15.8 Å². The highest BCUT2D eigenvalue weighted by molar-refractivity contribution is 7.80. The summed E-state index contributed by atoms with van der Waals surface area (Å²) in [6, 6.07) is 21.6. The van der Waals surface area contributed by atoms with Crippen molar-refractivity contribution in [1.29, 1.82) is 0 Å². The second kappa shape index (κ2) is 10.6. The van der Waals surface area contributed by atoms with E-state index in [1.165, 1.54) is 18.6 Å². The van der Waals surface area contributed by atoms with E-state index in [0.717, 1.165) is 41.5 Å². The van der Waals surface area contributed by atoms with Gasteiger partial charge in [-0.15, -0.1) is 0 Å². The average Bonchev–Trinajstić information content (AvgIpc) is 3.53. The number of furan rings is 1. The Morgan fingerprint density at radius 3 is 2.46 bits per heavy atom. The van der Waals surface area contributed by atoms with E-state index in [1.54, 1.807) is 18.3 Å². The molecule has 4 aromatic rings. The van der Waals surface area contributed by atoms with Gasteiger partial charge < -0.3 is 19.5 Å². The maximum absolute atomic E-state index is 13.5. The fraction of sp³-hybridized carbons (Fsp3) is 0.290. The van der Waals surface area contributed by atoms with E-state index in [2.05, 4.69) is 46.1 Å². The summed E-state index contributed by atoms with van der Waals surface area (Å²) in [5.74, 6) is 2.33. The van der Waals surface area contributed by atoms with Gasteiger partial charge in [0, 0.05) is 30.5 Å². The van der Waals surface area contributed by atoms with Crippen molar-refractivity contribution < 1.29 is 8.81 Å². The van der Waals surface area contributed by atoms with Gasteiger partial charge in [-0.25, -0.2) is 4.39 Å². The highest BCUT2D eigenvalue weighted by atomic mass is 35.5. The summed E-state index contributed by atoms with van der Waals surface area (Å²) >= 11 is 12.8. The van der Waals surface area contributed by atoms with Crippen molar-refractivity contribution in [1.82, 2.24) is 10.3 Å². The first kappa shape index (κ1) is 25.8. The van der Waals surface area contributed by atoms with E-state index >= 15 is 0 Å². The topological polar surface area (TPSA) is 44.5 Å². The molecule has 2 aromatic carbocycles.